The summed E-state index contributed by atoms with van der Waals surface area (Å²) in [5.74, 6) is 0. The molecule has 0 atom stereocenters. The second-order valence-corrected chi connectivity index (χ2v) is 15.1. The lowest BCUT2D eigenvalue weighted by atomic mass is 9.73. The fourth-order valence-electron chi connectivity index (χ4n) is 9.63. The van der Waals surface area contributed by atoms with Crippen molar-refractivity contribution >= 4 is 49.6 Å². The Morgan fingerprint density at radius 1 is 0.571 bits per heavy atom. The Labute approximate surface area is 328 Å². The van der Waals surface area contributed by atoms with Crippen LogP contribution in [0.15, 0.2) is 170 Å². The summed E-state index contributed by atoms with van der Waals surface area (Å²) < 4.78 is 2.37. The molecular weight excluding hydrogens is 679 g/mol. The van der Waals surface area contributed by atoms with Crippen LogP contribution in [-0.2, 0) is 5.41 Å². The topological polar surface area (TPSA) is 32.0 Å². The van der Waals surface area contributed by atoms with Crippen LogP contribution < -0.4 is 4.90 Å². The van der Waals surface area contributed by atoms with Gasteiger partial charge < -0.3 is 9.47 Å². The molecule has 3 heteroatoms. The molecule has 1 aliphatic rings. The highest BCUT2D eigenvalue weighted by Crippen LogP contribution is 2.55. The monoisotopic (exact) mass is 719 g/mol. The van der Waals surface area contributed by atoms with Crippen LogP contribution in [0.1, 0.15) is 48.9 Å². The Morgan fingerprint density at radius 2 is 1.27 bits per heavy atom. The van der Waals surface area contributed by atoms with Crippen LogP contribution in [0.2, 0.25) is 0 Å². The van der Waals surface area contributed by atoms with Gasteiger partial charge in [-0.1, -0.05) is 111 Å². The van der Waals surface area contributed by atoms with E-state index in [-0.39, 0.29) is 5.41 Å². The quantitative estimate of drug-likeness (QED) is 0.164. The summed E-state index contributed by atoms with van der Waals surface area (Å²) >= 11 is 0. The van der Waals surface area contributed by atoms with Gasteiger partial charge in [0.1, 0.15) is 0 Å². The first-order chi connectivity index (χ1) is 27.5. The van der Waals surface area contributed by atoms with Gasteiger partial charge in [-0.3, -0.25) is 0 Å². The van der Waals surface area contributed by atoms with Crippen molar-refractivity contribution in [3.63, 3.8) is 0 Å². The maximum Gasteiger partial charge on any atom is 0.0992 e. The van der Waals surface area contributed by atoms with Gasteiger partial charge in [0.25, 0.3) is 0 Å². The van der Waals surface area contributed by atoms with Gasteiger partial charge in [-0.15, -0.1) is 0 Å². The van der Waals surface area contributed by atoms with Gasteiger partial charge in [0.05, 0.1) is 28.4 Å². The smallest absolute Gasteiger partial charge is 0.0992 e. The zero-order valence-electron chi connectivity index (χ0n) is 31.9. The summed E-state index contributed by atoms with van der Waals surface area (Å²) in [7, 11) is 0. The molecule has 3 nitrogen and oxygen atoms in total. The highest BCUT2D eigenvalue weighted by Gasteiger charge is 2.41. The number of aromatic nitrogens is 1. The van der Waals surface area contributed by atoms with Crippen molar-refractivity contribution in [1.29, 1.82) is 5.26 Å². The van der Waals surface area contributed by atoms with Crippen LogP contribution in [0, 0.1) is 18.3 Å². The van der Waals surface area contributed by atoms with E-state index >= 15 is 0 Å². The van der Waals surface area contributed by atoms with Crippen LogP contribution in [0.25, 0.3) is 60.5 Å². The fraction of sp³-hybridized carbons (Fsp3) is 0.113. The molecule has 1 aliphatic carbocycles. The minimum absolute atomic E-state index is 0.0484. The second kappa shape index (κ2) is 13.1. The summed E-state index contributed by atoms with van der Waals surface area (Å²) in [5.41, 5.74) is 16.5. The van der Waals surface area contributed by atoms with Crippen LogP contribution in [0.3, 0.4) is 0 Å². The molecular formula is C53H41N3. The Morgan fingerprint density at radius 3 is 2.07 bits per heavy atom. The number of hydrogen-bond donors (Lipinski definition) is 0. The van der Waals surface area contributed by atoms with E-state index in [1.807, 2.05) is 18.2 Å². The molecule has 0 fully saturated rings. The molecule has 0 bridgehead atoms. The molecule has 268 valence electrons. The average Bonchev–Trinajstić information content (AvgIpc) is 3.73. The highest BCUT2D eigenvalue weighted by molar-refractivity contribution is 6.13. The van der Waals surface area contributed by atoms with Crippen molar-refractivity contribution in [3.8, 4) is 34.0 Å². The third-order valence-corrected chi connectivity index (χ3v) is 12.4. The lowest BCUT2D eigenvalue weighted by Crippen LogP contribution is -2.23. The lowest BCUT2D eigenvalue weighted by Gasteiger charge is -2.30. The number of aryl methyl sites for hydroxylation is 1. The predicted molar refractivity (Wildman–Crippen MR) is 235 cm³/mol. The number of para-hydroxylation sites is 1. The minimum Gasteiger partial charge on any atom is -0.310 e. The number of nitriles is 1. The maximum atomic E-state index is 9.90. The molecule has 1 heterocycles. The summed E-state index contributed by atoms with van der Waals surface area (Å²) in [6.07, 6.45) is 2.07. The molecule has 0 saturated heterocycles. The van der Waals surface area contributed by atoms with Crippen LogP contribution in [-0.4, -0.2) is 4.57 Å². The van der Waals surface area contributed by atoms with Gasteiger partial charge in [-0.25, -0.2) is 0 Å². The molecule has 10 rings (SSSR count). The van der Waals surface area contributed by atoms with E-state index in [4.69, 9.17) is 0 Å². The van der Waals surface area contributed by atoms with Crippen molar-refractivity contribution in [2.24, 2.45) is 0 Å². The van der Waals surface area contributed by atoms with Crippen molar-refractivity contribution in [3.05, 3.63) is 192 Å². The molecule has 0 aliphatic heterocycles. The Hall–Kier alpha value is -6.89. The number of anilines is 3. The molecule has 0 unspecified atom stereocenters. The lowest BCUT2D eigenvalue weighted by molar-refractivity contribution is 0.490. The Bertz CT molecular complexity index is 3010. The van der Waals surface area contributed by atoms with Crippen molar-refractivity contribution < 1.29 is 0 Å². The van der Waals surface area contributed by atoms with E-state index in [1.54, 1.807) is 0 Å². The SMILES string of the molecule is CCC1(CC)c2cc3c(cc2-c2c(C)cccc21)c1cc(-c2ccc(N(c4ccccc4)c4cccc5ccccc45)cc2)ccc1n3-c1cccc(C#N)c1. The summed E-state index contributed by atoms with van der Waals surface area (Å²) in [6.45, 7) is 6.92. The molecule has 1 aromatic heterocycles. The van der Waals surface area contributed by atoms with Gasteiger partial charge in [-0.05, 0) is 137 Å². The molecule has 0 N–H and O–H groups in total. The minimum atomic E-state index is -0.0484. The Balaban J connectivity index is 1.16. The summed E-state index contributed by atoms with van der Waals surface area (Å²) in [4.78, 5) is 2.35. The number of rotatable bonds is 7. The normalized spacial score (nSPS) is 12.8. The maximum absolute atomic E-state index is 9.90. The van der Waals surface area contributed by atoms with Crippen molar-refractivity contribution in [2.75, 3.05) is 4.90 Å². The fourth-order valence-corrected chi connectivity index (χ4v) is 9.63. The van der Waals surface area contributed by atoms with Crippen molar-refractivity contribution in [2.45, 2.75) is 39.0 Å². The first-order valence-corrected chi connectivity index (χ1v) is 19.7. The van der Waals surface area contributed by atoms with Gasteiger partial charge in [-0.2, -0.15) is 5.26 Å². The van der Waals surface area contributed by atoms with Gasteiger partial charge in [0.2, 0.25) is 0 Å². The number of fused-ring (bicyclic) bond motifs is 7. The van der Waals surface area contributed by atoms with E-state index < -0.39 is 0 Å². The molecule has 0 spiro atoms. The highest BCUT2D eigenvalue weighted by atomic mass is 15.1. The van der Waals surface area contributed by atoms with Crippen LogP contribution in [0.5, 0.6) is 0 Å². The van der Waals surface area contributed by atoms with E-state index in [2.05, 4.69) is 188 Å². The largest absolute Gasteiger partial charge is 0.310 e. The second-order valence-electron chi connectivity index (χ2n) is 15.1. The molecule has 8 aromatic carbocycles. The van der Waals surface area contributed by atoms with E-state index in [0.29, 0.717) is 5.56 Å². The first kappa shape index (κ1) is 33.7. The third kappa shape index (κ3) is 5.03. The Kier molecular flexibility index (Phi) is 7.90. The van der Waals surface area contributed by atoms with Gasteiger partial charge in [0.15, 0.2) is 0 Å². The number of nitrogens with zero attached hydrogens (tertiary/aromatic N) is 3. The molecule has 56 heavy (non-hydrogen) atoms. The molecule has 0 saturated carbocycles. The van der Waals surface area contributed by atoms with E-state index in [1.165, 1.54) is 60.4 Å². The van der Waals surface area contributed by atoms with Gasteiger partial charge >= 0.3 is 0 Å². The predicted octanol–water partition coefficient (Wildman–Crippen LogP) is 14.3. The zero-order chi connectivity index (χ0) is 38.0. The molecule has 9 aromatic rings. The zero-order valence-corrected chi connectivity index (χ0v) is 31.9. The molecule has 0 amide bonds. The van der Waals surface area contributed by atoms with Crippen LogP contribution in [0.4, 0.5) is 17.1 Å². The average molecular weight is 720 g/mol. The van der Waals surface area contributed by atoms with Gasteiger partial charge in [0, 0.05) is 38.6 Å². The summed E-state index contributed by atoms with van der Waals surface area (Å²) in [5, 5.41) is 14.8. The van der Waals surface area contributed by atoms with E-state index in [9.17, 15) is 5.26 Å². The standard InChI is InChI=1S/C53H41N3/c1-4-53(5-2)47-22-11-14-35(3)52(47)46-32-45-44-31-39(26-29-50(44)56(51(45)33-48(46)53)42-20-12-15-36(30-42)34-54)37-24-27-41(28-25-37)55(40-18-7-6-8-19-40)49-23-13-17-38-16-9-10-21-43(38)49/h6-33H,4-5H2,1-3H3. The van der Waals surface area contributed by atoms with Crippen molar-refractivity contribution in [1.82, 2.24) is 4.57 Å². The number of hydrogen-bond acceptors (Lipinski definition) is 2. The third-order valence-electron chi connectivity index (χ3n) is 12.4. The van der Waals surface area contributed by atoms with E-state index in [0.717, 1.165) is 46.7 Å². The summed E-state index contributed by atoms with van der Waals surface area (Å²) in [6, 6.07) is 63.8. The number of benzene rings is 8. The molecule has 0 radical (unpaired) electrons. The van der Waals surface area contributed by atoms with Crippen LogP contribution >= 0.6 is 0 Å². The first-order valence-electron chi connectivity index (χ1n) is 19.7.